The summed E-state index contributed by atoms with van der Waals surface area (Å²) in [5.74, 6) is 1.30. The highest BCUT2D eigenvalue weighted by atomic mass is 19.1. The number of amidine groups is 1. The number of benzene rings is 2. The minimum atomic E-state index is -0.820. The van der Waals surface area contributed by atoms with Crippen LogP contribution >= 0.6 is 0 Å². The summed E-state index contributed by atoms with van der Waals surface area (Å²) in [7, 11) is 1.68. The third kappa shape index (κ3) is 3.76. The fourth-order valence-corrected chi connectivity index (χ4v) is 5.51. The van der Waals surface area contributed by atoms with Crippen LogP contribution in [0.5, 0.6) is 5.75 Å². The van der Waals surface area contributed by atoms with Crippen LogP contribution in [-0.2, 0) is 15.3 Å². The molecule has 186 valence electrons. The first-order valence-electron chi connectivity index (χ1n) is 12.2. The largest absolute Gasteiger partial charge is 0.495 e. The number of fused-ring (bicyclic) bond motifs is 1. The van der Waals surface area contributed by atoms with Crippen molar-refractivity contribution in [2.75, 3.05) is 26.9 Å². The number of piperidine rings is 1. The molecule has 0 saturated carbocycles. The average Bonchev–Trinajstić information content (AvgIpc) is 3.60. The van der Waals surface area contributed by atoms with Crippen LogP contribution in [0.15, 0.2) is 65.7 Å². The summed E-state index contributed by atoms with van der Waals surface area (Å²) in [6.07, 6.45) is 7.73. The number of halogens is 1. The Morgan fingerprint density at radius 2 is 2.00 bits per heavy atom. The van der Waals surface area contributed by atoms with Crippen molar-refractivity contribution in [1.29, 1.82) is 0 Å². The lowest BCUT2D eigenvalue weighted by Gasteiger charge is -2.45. The first-order valence-corrected chi connectivity index (χ1v) is 12.2. The van der Waals surface area contributed by atoms with Gasteiger partial charge in [-0.1, -0.05) is 23.4 Å². The van der Waals surface area contributed by atoms with Crippen LogP contribution in [0.2, 0.25) is 0 Å². The van der Waals surface area contributed by atoms with Crippen molar-refractivity contribution >= 4 is 11.9 Å². The molecule has 1 spiro atoms. The van der Waals surface area contributed by atoms with Gasteiger partial charge >= 0.3 is 0 Å². The van der Waals surface area contributed by atoms with E-state index in [0.29, 0.717) is 6.61 Å². The number of hydrogen-bond acceptors (Lipinski definition) is 6. The lowest BCUT2D eigenvalue weighted by Crippen LogP contribution is -2.53. The number of oxime groups is 1. The summed E-state index contributed by atoms with van der Waals surface area (Å²) in [4.78, 5) is 12.6. The Kier molecular flexibility index (Phi) is 5.37. The maximum Gasteiger partial charge on any atom is 0.234 e. The van der Waals surface area contributed by atoms with Crippen molar-refractivity contribution < 1.29 is 18.7 Å². The van der Waals surface area contributed by atoms with Gasteiger partial charge in [-0.15, -0.1) is 0 Å². The van der Waals surface area contributed by atoms with Gasteiger partial charge in [0, 0.05) is 37.3 Å². The molecule has 8 heteroatoms. The minimum Gasteiger partial charge on any atom is -0.495 e. The Hall–Kier alpha value is -3.65. The molecule has 0 bridgehead atoms. The summed E-state index contributed by atoms with van der Waals surface area (Å²) < 4.78 is 27.2. The molecule has 6 rings (SSSR count). The zero-order valence-electron chi connectivity index (χ0n) is 20.7. The number of aryl methyl sites for hydroxylation is 1. The quantitative estimate of drug-likeness (QED) is 0.515. The van der Waals surface area contributed by atoms with Gasteiger partial charge < -0.3 is 23.8 Å². The van der Waals surface area contributed by atoms with E-state index in [1.54, 1.807) is 25.6 Å². The summed E-state index contributed by atoms with van der Waals surface area (Å²) in [6.45, 7) is 6.15. The van der Waals surface area contributed by atoms with Gasteiger partial charge in [0.25, 0.3) is 0 Å². The second-order valence-electron chi connectivity index (χ2n) is 10.1. The predicted octanol–water partition coefficient (Wildman–Crippen LogP) is 5.04. The second kappa shape index (κ2) is 8.48. The van der Waals surface area contributed by atoms with Crippen molar-refractivity contribution in [3.63, 3.8) is 0 Å². The molecule has 3 aromatic rings. The molecule has 2 unspecified atom stereocenters. The summed E-state index contributed by atoms with van der Waals surface area (Å²) >= 11 is 0. The summed E-state index contributed by atoms with van der Waals surface area (Å²) in [5.41, 5.74) is 3.98. The Morgan fingerprint density at radius 1 is 1.17 bits per heavy atom. The number of rotatable bonds is 4. The Morgan fingerprint density at radius 3 is 2.69 bits per heavy atom. The Labute approximate surface area is 209 Å². The van der Waals surface area contributed by atoms with Crippen LogP contribution in [0.4, 0.5) is 4.39 Å². The van der Waals surface area contributed by atoms with Gasteiger partial charge in [-0.3, -0.25) is 0 Å². The van der Waals surface area contributed by atoms with Gasteiger partial charge in [-0.25, -0.2) is 9.37 Å². The standard InChI is InChI=1S/C28H29FN4O3/c1-19-15-32(18-30-19)24-9-4-20(13-25(24)34-3)12-21-14-28(10-11-35-17-28)16-33-26(21)31-36-27(33,2)22-5-7-23(29)8-6-22/h4-9,12-13,15,18H,10-11,14,16-17H2,1-3H3/b21-12+. The van der Waals surface area contributed by atoms with Gasteiger partial charge in [-0.05, 0) is 61.2 Å². The maximum atomic E-state index is 13.7. The van der Waals surface area contributed by atoms with E-state index in [4.69, 9.17) is 14.3 Å². The monoisotopic (exact) mass is 488 g/mol. The SMILES string of the molecule is COc1cc(/C=C2\CC3(CCOC3)CN3C2=NOC3(C)c2ccc(F)cc2)ccc1-n1cnc(C)c1. The summed E-state index contributed by atoms with van der Waals surface area (Å²) in [6, 6.07) is 12.6. The van der Waals surface area contributed by atoms with Crippen LogP contribution in [0.25, 0.3) is 11.8 Å². The first kappa shape index (κ1) is 22.8. The van der Waals surface area contributed by atoms with Crippen molar-refractivity contribution in [3.05, 3.63) is 83.2 Å². The molecular formula is C28H29FN4O3. The number of nitrogens with zero attached hydrogens (tertiary/aromatic N) is 4. The van der Waals surface area contributed by atoms with E-state index in [9.17, 15) is 4.39 Å². The highest BCUT2D eigenvalue weighted by Crippen LogP contribution is 2.48. The topological polar surface area (TPSA) is 61.1 Å². The molecular weight excluding hydrogens is 459 g/mol. The fraction of sp³-hybridized carbons (Fsp3) is 0.357. The molecule has 0 amide bonds. The highest BCUT2D eigenvalue weighted by Gasteiger charge is 2.53. The fourth-order valence-electron chi connectivity index (χ4n) is 5.51. The molecule has 2 atom stereocenters. The first-order chi connectivity index (χ1) is 17.4. The molecule has 2 saturated heterocycles. The van der Waals surface area contributed by atoms with E-state index in [1.165, 1.54) is 12.1 Å². The van der Waals surface area contributed by atoms with Crippen LogP contribution < -0.4 is 4.74 Å². The Bertz CT molecular complexity index is 1360. The van der Waals surface area contributed by atoms with E-state index in [1.807, 2.05) is 36.7 Å². The van der Waals surface area contributed by atoms with Crippen molar-refractivity contribution in [2.45, 2.75) is 32.4 Å². The number of aromatic nitrogens is 2. The van der Waals surface area contributed by atoms with E-state index in [-0.39, 0.29) is 11.2 Å². The molecule has 0 N–H and O–H groups in total. The molecule has 0 radical (unpaired) electrons. The van der Waals surface area contributed by atoms with Crippen molar-refractivity contribution in [2.24, 2.45) is 10.6 Å². The number of hydrogen-bond donors (Lipinski definition) is 0. The third-order valence-electron chi connectivity index (χ3n) is 7.53. The minimum absolute atomic E-state index is 0.0296. The predicted molar refractivity (Wildman–Crippen MR) is 134 cm³/mol. The molecule has 2 aromatic carbocycles. The zero-order valence-corrected chi connectivity index (χ0v) is 20.7. The van der Waals surface area contributed by atoms with E-state index >= 15 is 0 Å². The average molecular weight is 489 g/mol. The molecule has 4 heterocycles. The van der Waals surface area contributed by atoms with E-state index in [2.05, 4.69) is 27.2 Å². The van der Waals surface area contributed by atoms with Crippen molar-refractivity contribution in [3.8, 4) is 11.4 Å². The third-order valence-corrected chi connectivity index (χ3v) is 7.53. The van der Waals surface area contributed by atoms with Crippen LogP contribution in [-0.4, -0.2) is 47.2 Å². The van der Waals surface area contributed by atoms with Crippen molar-refractivity contribution in [1.82, 2.24) is 14.5 Å². The van der Waals surface area contributed by atoms with Gasteiger partial charge in [0.1, 0.15) is 11.6 Å². The van der Waals surface area contributed by atoms with E-state index < -0.39 is 5.72 Å². The van der Waals surface area contributed by atoms with Gasteiger partial charge in [0.2, 0.25) is 5.72 Å². The van der Waals surface area contributed by atoms with Crippen LogP contribution in [0.3, 0.4) is 0 Å². The Balaban J connectivity index is 1.39. The number of imidazole rings is 1. The van der Waals surface area contributed by atoms with Gasteiger partial charge in [-0.2, -0.15) is 0 Å². The molecule has 3 aliphatic heterocycles. The molecule has 2 fully saturated rings. The van der Waals surface area contributed by atoms with Crippen LogP contribution in [0.1, 0.15) is 36.6 Å². The van der Waals surface area contributed by atoms with Gasteiger partial charge in [0.05, 0.1) is 31.4 Å². The molecule has 3 aliphatic rings. The lowest BCUT2D eigenvalue weighted by atomic mass is 9.75. The van der Waals surface area contributed by atoms with Gasteiger partial charge in [0.15, 0.2) is 5.84 Å². The molecule has 0 aliphatic carbocycles. The molecule has 7 nitrogen and oxygen atoms in total. The zero-order chi connectivity index (χ0) is 24.9. The second-order valence-corrected chi connectivity index (χ2v) is 10.1. The van der Waals surface area contributed by atoms with E-state index in [0.717, 1.165) is 65.7 Å². The molecule has 36 heavy (non-hydrogen) atoms. The highest BCUT2D eigenvalue weighted by molar-refractivity contribution is 6.03. The number of ether oxygens (including phenoxy) is 2. The summed E-state index contributed by atoms with van der Waals surface area (Å²) in [5, 5.41) is 4.55. The maximum absolute atomic E-state index is 13.7. The molecule has 1 aromatic heterocycles. The number of methoxy groups -OCH3 is 1. The van der Waals surface area contributed by atoms with Crippen LogP contribution in [0, 0.1) is 18.2 Å². The smallest absolute Gasteiger partial charge is 0.234 e. The normalized spacial score (nSPS) is 26.3. The lowest BCUT2D eigenvalue weighted by molar-refractivity contribution is -0.103.